The van der Waals surface area contributed by atoms with E-state index in [-0.39, 0.29) is 65.7 Å². The van der Waals surface area contributed by atoms with Gasteiger partial charge in [0.1, 0.15) is 0 Å². The maximum Gasteiger partial charge on any atom is 0 e. The zero-order valence-corrected chi connectivity index (χ0v) is 10.6. The molecule has 0 amide bonds. The zero-order valence-electron chi connectivity index (χ0n) is 5.96. The maximum absolute atomic E-state index is 3.36. The zero-order chi connectivity index (χ0) is 5.41. The topological polar surface area (TPSA) is 0 Å². The average molecular weight is 368 g/mol. The minimum Gasteiger partial charge on any atom is -1.00 e. The van der Waals surface area contributed by atoms with Gasteiger partial charge in [-0.25, -0.2) is 0 Å². The minimum absolute atomic E-state index is 0. The summed E-state index contributed by atoms with van der Waals surface area (Å²) < 4.78 is 0. The van der Waals surface area contributed by atoms with E-state index < -0.39 is 0 Å². The SMILES string of the molecule is C=CC.C=CC.[Cl-].[Cl-].[Pd].[Pd]. The smallest absolute Gasteiger partial charge is 0 e. The van der Waals surface area contributed by atoms with Crippen molar-refractivity contribution in [3.63, 3.8) is 0 Å². The molecule has 0 aromatic heterocycles. The summed E-state index contributed by atoms with van der Waals surface area (Å²) in [7, 11) is 0. The third kappa shape index (κ3) is 344. The Bertz CT molecular complexity index is 34.7. The van der Waals surface area contributed by atoms with E-state index in [0.717, 1.165) is 0 Å². The van der Waals surface area contributed by atoms with E-state index in [9.17, 15) is 0 Å². The molecule has 0 radical (unpaired) electrons. The van der Waals surface area contributed by atoms with Gasteiger partial charge in [0.2, 0.25) is 0 Å². The summed E-state index contributed by atoms with van der Waals surface area (Å²) in [6.07, 6.45) is 3.50. The third-order valence-electron chi connectivity index (χ3n) is 0. The molecule has 0 heterocycles. The van der Waals surface area contributed by atoms with Gasteiger partial charge in [-0.2, -0.15) is 0 Å². The Morgan fingerprint density at radius 2 is 0.800 bits per heavy atom. The molecule has 0 N–H and O–H groups in total. The van der Waals surface area contributed by atoms with Gasteiger partial charge in [-0.1, -0.05) is 12.2 Å². The molecule has 0 rings (SSSR count). The van der Waals surface area contributed by atoms with Crippen molar-refractivity contribution in [3.8, 4) is 0 Å². The summed E-state index contributed by atoms with van der Waals surface area (Å²) in [5, 5.41) is 0. The first kappa shape index (κ1) is 42.3. The van der Waals surface area contributed by atoms with Crippen LogP contribution in [0.5, 0.6) is 0 Å². The summed E-state index contributed by atoms with van der Waals surface area (Å²) >= 11 is 0. The van der Waals surface area contributed by atoms with Gasteiger partial charge in [0.15, 0.2) is 0 Å². The Morgan fingerprint density at radius 3 is 0.800 bits per heavy atom. The fourth-order valence-electron chi connectivity index (χ4n) is 0. The van der Waals surface area contributed by atoms with Gasteiger partial charge >= 0.3 is 0 Å². The van der Waals surface area contributed by atoms with E-state index in [1.54, 1.807) is 12.2 Å². The normalized spacial score (nSPS) is 2.60. The largest absolute Gasteiger partial charge is 1.00 e. The number of rotatable bonds is 0. The first-order chi connectivity index (χ1) is 2.83. The van der Waals surface area contributed by atoms with Crippen molar-refractivity contribution in [3.05, 3.63) is 25.3 Å². The first-order valence-electron chi connectivity index (χ1n) is 1.97. The minimum atomic E-state index is 0. The Morgan fingerprint density at radius 1 is 0.800 bits per heavy atom. The standard InChI is InChI=1S/2C3H6.2ClH.2Pd/c2*1-3-2;;;;/h2*3H,1H2,2H3;2*1H;;/p-2. The summed E-state index contributed by atoms with van der Waals surface area (Å²) in [6.45, 7) is 10.5. The molecule has 0 spiro atoms. The van der Waals surface area contributed by atoms with Gasteiger partial charge in [-0.3, -0.25) is 0 Å². The van der Waals surface area contributed by atoms with Crippen LogP contribution >= 0.6 is 0 Å². The molecule has 0 saturated heterocycles. The van der Waals surface area contributed by atoms with Crippen molar-refractivity contribution in [1.29, 1.82) is 0 Å². The second-order valence-electron chi connectivity index (χ2n) is 0.816. The maximum atomic E-state index is 3.36. The van der Waals surface area contributed by atoms with Crippen molar-refractivity contribution >= 4 is 0 Å². The van der Waals surface area contributed by atoms with Crippen LogP contribution in [0, 0.1) is 0 Å². The van der Waals surface area contributed by atoms with Crippen molar-refractivity contribution in [2.75, 3.05) is 0 Å². The number of hydrogen-bond acceptors (Lipinski definition) is 0. The molecular weight excluding hydrogens is 356 g/mol. The van der Waals surface area contributed by atoms with Crippen molar-refractivity contribution < 1.29 is 65.7 Å². The van der Waals surface area contributed by atoms with Gasteiger partial charge in [0.05, 0.1) is 0 Å². The van der Waals surface area contributed by atoms with Crippen LogP contribution in [-0.2, 0) is 40.8 Å². The molecule has 0 atom stereocenters. The Labute approximate surface area is 104 Å². The van der Waals surface area contributed by atoms with Crippen LogP contribution in [0.2, 0.25) is 0 Å². The Balaban J connectivity index is -0.00000000571. The molecular formula is C6H12Cl2Pd2-2. The van der Waals surface area contributed by atoms with Crippen LogP contribution in [-0.4, -0.2) is 0 Å². The van der Waals surface area contributed by atoms with Crippen molar-refractivity contribution in [1.82, 2.24) is 0 Å². The Kier molecular flexibility index (Phi) is 338. The molecule has 0 fully saturated rings. The van der Waals surface area contributed by atoms with E-state index in [4.69, 9.17) is 0 Å². The second-order valence-corrected chi connectivity index (χ2v) is 0.816. The van der Waals surface area contributed by atoms with E-state index >= 15 is 0 Å². The number of hydrogen-bond donors (Lipinski definition) is 0. The molecule has 0 aromatic carbocycles. The van der Waals surface area contributed by atoms with Crippen molar-refractivity contribution in [2.45, 2.75) is 13.8 Å². The molecule has 0 aliphatic rings. The predicted octanol–water partition coefficient (Wildman–Crippen LogP) is -3.61. The third-order valence-corrected chi connectivity index (χ3v) is 0. The van der Waals surface area contributed by atoms with Crippen LogP contribution < -0.4 is 24.8 Å². The number of halogens is 2. The van der Waals surface area contributed by atoms with Gasteiger partial charge in [-0.05, 0) is 13.8 Å². The van der Waals surface area contributed by atoms with E-state index in [0.29, 0.717) is 0 Å². The fraction of sp³-hybridized carbons (Fsp3) is 0.333. The molecule has 0 unspecified atom stereocenters. The second kappa shape index (κ2) is 79.8. The Hall–Kier alpha value is 1.38. The van der Waals surface area contributed by atoms with Gasteiger partial charge < -0.3 is 24.8 Å². The summed E-state index contributed by atoms with van der Waals surface area (Å²) in [4.78, 5) is 0. The van der Waals surface area contributed by atoms with Crippen LogP contribution in [0.1, 0.15) is 13.8 Å². The fourth-order valence-corrected chi connectivity index (χ4v) is 0. The molecule has 10 heavy (non-hydrogen) atoms. The first-order valence-corrected chi connectivity index (χ1v) is 1.97. The molecule has 0 nitrogen and oxygen atoms in total. The van der Waals surface area contributed by atoms with E-state index in [2.05, 4.69) is 13.2 Å². The van der Waals surface area contributed by atoms with Crippen LogP contribution in [0.3, 0.4) is 0 Å². The molecule has 72 valence electrons. The van der Waals surface area contributed by atoms with Gasteiger partial charge in [0, 0.05) is 40.8 Å². The molecule has 0 aliphatic carbocycles. The molecule has 0 saturated carbocycles. The summed E-state index contributed by atoms with van der Waals surface area (Å²) in [5.74, 6) is 0. The number of allylic oxidation sites excluding steroid dienone is 2. The van der Waals surface area contributed by atoms with E-state index in [1.807, 2.05) is 13.8 Å². The summed E-state index contributed by atoms with van der Waals surface area (Å²) in [6, 6.07) is 0. The van der Waals surface area contributed by atoms with Crippen LogP contribution in [0.4, 0.5) is 0 Å². The monoisotopic (exact) mass is 366 g/mol. The molecule has 0 aromatic rings. The van der Waals surface area contributed by atoms with Gasteiger partial charge in [-0.15, -0.1) is 13.2 Å². The molecule has 0 bridgehead atoms. The van der Waals surface area contributed by atoms with Crippen LogP contribution in [0.25, 0.3) is 0 Å². The predicted molar refractivity (Wildman–Crippen MR) is 31.7 cm³/mol. The average Bonchev–Trinajstić information content (AvgIpc) is 1.39. The van der Waals surface area contributed by atoms with Crippen molar-refractivity contribution in [2.24, 2.45) is 0 Å². The van der Waals surface area contributed by atoms with Gasteiger partial charge in [0.25, 0.3) is 0 Å². The van der Waals surface area contributed by atoms with E-state index in [1.165, 1.54) is 0 Å². The molecule has 0 aliphatic heterocycles. The summed E-state index contributed by atoms with van der Waals surface area (Å²) in [5.41, 5.74) is 0. The quantitative estimate of drug-likeness (QED) is 0.306. The van der Waals surface area contributed by atoms with Crippen LogP contribution in [0.15, 0.2) is 25.3 Å². The molecule has 4 heteroatoms.